The number of anilines is 1. The molecule has 0 aromatic heterocycles. The van der Waals surface area contributed by atoms with E-state index in [0.29, 0.717) is 0 Å². The van der Waals surface area contributed by atoms with Crippen LogP contribution in [-0.2, 0) is 6.54 Å². The van der Waals surface area contributed by atoms with Crippen LogP contribution in [-0.4, -0.2) is 24.4 Å². The molecule has 1 N–H and O–H groups in total. The molecule has 1 aromatic carbocycles. The molecule has 0 saturated carbocycles. The van der Waals surface area contributed by atoms with Crippen LogP contribution in [0.1, 0.15) is 22.8 Å². The quantitative estimate of drug-likeness (QED) is 0.770. The van der Waals surface area contributed by atoms with Gasteiger partial charge in [0, 0.05) is 31.4 Å². The van der Waals surface area contributed by atoms with Gasteiger partial charge < -0.3 is 10.2 Å². The topological polar surface area (TPSA) is 32.3 Å². The number of hydrogen-bond donors (Lipinski definition) is 1. The highest BCUT2D eigenvalue weighted by Gasteiger charge is 2.23. The summed E-state index contributed by atoms with van der Waals surface area (Å²) in [5.41, 5.74) is 3.06. The van der Waals surface area contributed by atoms with Crippen molar-refractivity contribution in [1.82, 2.24) is 4.90 Å². The Bertz CT molecular complexity index is 374. The first-order valence-electron chi connectivity index (χ1n) is 4.84. The summed E-state index contributed by atoms with van der Waals surface area (Å²) >= 11 is 0. The summed E-state index contributed by atoms with van der Waals surface area (Å²) < 4.78 is 0. The van der Waals surface area contributed by atoms with Gasteiger partial charge in [-0.15, -0.1) is 0 Å². The van der Waals surface area contributed by atoms with E-state index in [2.05, 4.69) is 18.3 Å². The minimum Gasteiger partial charge on any atom is -0.385 e. The number of carbonyl (C=O) groups is 1. The number of rotatable bonds is 2. The summed E-state index contributed by atoms with van der Waals surface area (Å²) in [6.45, 7) is 3.69. The third kappa shape index (κ3) is 1.35. The van der Waals surface area contributed by atoms with Gasteiger partial charge in [-0.1, -0.05) is 0 Å². The number of amides is 1. The van der Waals surface area contributed by atoms with Crippen LogP contribution < -0.4 is 5.32 Å². The van der Waals surface area contributed by atoms with Crippen molar-refractivity contribution in [2.45, 2.75) is 13.5 Å². The normalized spacial score (nSPS) is 14.4. The summed E-state index contributed by atoms with van der Waals surface area (Å²) in [4.78, 5) is 13.3. The molecule has 74 valence electrons. The fourth-order valence-electron chi connectivity index (χ4n) is 1.78. The average Bonchev–Trinajstić information content (AvgIpc) is 2.43. The highest BCUT2D eigenvalue weighted by Crippen LogP contribution is 2.24. The maximum atomic E-state index is 11.6. The third-order valence-electron chi connectivity index (χ3n) is 2.47. The van der Waals surface area contributed by atoms with Gasteiger partial charge in [-0.25, -0.2) is 0 Å². The van der Waals surface area contributed by atoms with Crippen LogP contribution in [0.4, 0.5) is 5.69 Å². The summed E-state index contributed by atoms with van der Waals surface area (Å²) in [7, 11) is 1.83. The van der Waals surface area contributed by atoms with E-state index < -0.39 is 0 Å². The molecule has 1 heterocycles. The molecule has 0 bridgehead atoms. The summed E-state index contributed by atoms with van der Waals surface area (Å²) in [6.07, 6.45) is 0. The number of nitrogens with one attached hydrogen (secondary N) is 1. The standard InChI is InChI=1S/C11H14N2O/c1-3-12-9-4-5-10-8(6-9)7-13(2)11(10)14/h4-6,12H,3,7H2,1-2H3. The van der Waals surface area contributed by atoms with Crippen molar-refractivity contribution in [3.8, 4) is 0 Å². The fourth-order valence-corrected chi connectivity index (χ4v) is 1.78. The van der Waals surface area contributed by atoms with Crippen LogP contribution >= 0.6 is 0 Å². The second-order valence-corrected chi connectivity index (χ2v) is 3.56. The molecule has 1 aromatic rings. The van der Waals surface area contributed by atoms with E-state index in [1.807, 2.05) is 19.2 Å². The number of hydrogen-bond acceptors (Lipinski definition) is 2. The molecule has 3 heteroatoms. The van der Waals surface area contributed by atoms with Gasteiger partial charge in [-0.2, -0.15) is 0 Å². The lowest BCUT2D eigenvalue weighted by molar-refractivity contribution is 0.0816. The van der Waals surface area contributed by atoms with E-state index in [0.717, 1.165) is 29.9 Å². The molecule has 0 aliphatic carbocycles. The maximum absolute atomic E-state index is 11.6. The molecular weight excluding hydrogens is 176 g/mol. The Kier molecular flexibility index (Phi) is 2.15. The average molecular weight is 190 g/mol. The lowest BCUT2D eigenvalue weighted by Gasteiger charge is -2.04. The zero-order valence-corrected chi connectivity index (χ0v) is 8.50. The van der Waals surface area contributed by atoms with Gasteiger partial charge in [-0.05, 0) is 30.7 Å². The fraction of sp³-hybridized carbons (Fsp3) is 0.364. The largest absolute Gasteiger partial charge is 0.385 e. The molecular formula is C11H14N2O. The number of benzene rings is 1. The van der Waals surface area contributed by atoms with Gasteiger partial charge in [-0.3, -0.25) is 4.79 Å². The van der Waals surface area contributed by atoms with Gasteiger partial charge in [0.15, 0.2) is 0 Å². The molecule has 1 aliphatic rings. The molecule has 0 radical (unpaired) electrons. The molecule has 0 atom stereocenters. The van der Waals surface area contributed by atoms with Crippen molar-refractivity contribution < 1.29 is 4.79 Å². The highest BCUT2D eigenvalue weighted by atomic mass is 16.2. The van der Waals surface area contributed by atoms with Crippen molar-refractivity contribution >= 4 is 11.6 Å². The number of carbonyl (C=O) groups excluding carboxylic acids is 1. The van der Waals surface area contributed by atoms with Gasteiger partial charge in [0.25, 0.3) is 5.91 Å². The van der Waals surface area contributed by atoms with E-state index in [4.69, 9.17) is 0 Å². The molecule has 2 rings (SSSR count). The van der Waals surface area contributed by atoms with Crippen molar-refractivity contribution in [2.75, 3.05) is 18.9 Å². The van der Waals surface area contributed by atoms with Crippen LogP contribution in [0.25, 0.3) is 0 Å². The predicted octanol–water partition coefficient (Wildman–Crippen LogP) is 1.70. The molecule has 0 spiro atoms. The second kappa shape index (κ2) is 3.33. The molecule has 3 nitrogen and oxygen atoms in total. The van der Waals surface area contributed by atoms with Crippen LogP contribution in [0, 0.1) is 0 Å². The van der Waals surface area contributed by atoms with Crippen molar-refractivity contribution in [2.24, 2.45) is 0 Å². The van der Waals surface area contributed by atoms with Crippen LogP contribution in [0.15, 0.2) is 18.2 Å². The zero-order chi connectivity index (χ0) is 10.1. The van der Waals surface area contributed by atoms with Gasteiger partial charge >= 0.3 is 0 Å². The summed E-state index contributed by atoms with van der Waals surface area (Å²) in [5.74, 6) is 0.128. The van der Waals surface area contributed by atoms with E-state index in [-0.39, 0.29) is 5.91 Å². The van der Waals surface area contributed by atoms with Crippen LogP contribution in [0.5, 0.6) is 0 Å². The first kappa shape index (κ1) is 9.06. The minimum atomic E-state index is 0.128. The van der Waals surface area contributed by atoms with Crippen LogP contribution in [0.3, 0.4) is 0 Å². The second-order valence-electron chi connectivity index (χ2n) is 3.56. The monoisotopic (exact) mass is 190 g/mol. The molecule has 14 heavy (non-hydrogen) atoms. The molecule has 0 unspecified atom stereocenters. The van der Waals surface area contributed by atoms with E-state index in [1.54, 1.807) is 4.90 Å². The Morgan fingerprint density at radius 3 is 3.00 bits per heavy atom. The Labute approximate surface area is 83.7 Å². The highest BCUT2D eigenvalue weighted by molar-refractivity contribution is 5.98. The molecule has 0 fully saturated rings. The number of nitrogens with zero attached hydrogens (tertiary/aromatic N) is 1. The SMILES string of the molecule is CCNc1ccc2c(c1)CN(C)C2=O. The van der Waals surface area contributed by atoms with Gasteiger partial charge in [0.05, 0.1) is 0 Å². The minimum absolute atomic E-state index is 0.128. The van der Waals surface area contributed by atoms with Crippen LogP contribution in [0.2, 0.25) is 0 Å². The van der Waals surface area contributed by atoms with Crippen molar-refractivity contribution in [1.29, 1.82) is 0 Å². The summed E-state index contributed by atoms with van der Waals surface area (Å²) in [5, 5.41) is 3.24. The van der Waals surface area contributed by atoms with Gasteiger partial charge in [0.2, 0.25) is 0 Å². The zero-order valence-electron chi connectivity index (χ0n) is 8.50. The van der Waals surface area contributed by atoms with Crippen molar-refractivity contribution in [3.05, 3.63) is 29.3 Å². The predicted molar refractivity (Wildman–Crippen MR) is 56.4 cm³/mol. The van der Waals surface area contributed by atoms with E-state index in [9.17, 15) is 4.79 Å². The van der Waals surface area contributed by atoms with E-state index >= 15 is 0 Å². The smallest absolute Gasteiger partial charge is 0.254 e. The lowest BCUT2D eigenvalue weighted by Crippen LogP contribution is -2.17. The Balaban J connectivity index is 2.34. The first-order chi connectivity index (χ1) is 6.72. The molecule has 0 saturated heterocycles. The first-order valence-corrected chi connectivity index (χ1v) is 4.84. The molecule has 1 aliphatic heterocycles. The summed E-state index contributed by atoms with van der Waals surface area (Å²) in [6, 6.07) is 5.92. The van der Waals surface area contributed by atoms with E-state index in [1.165, 1.54) is 0 Å². The Morgan fingerprint density at radius 1 is 1.50 bits per heavy atom. The Morgan fingerprint density at radius 2 is 2.29 bits per heavy atom. The van der Waals surface area contributed by atoms with Gasteiger partial charge in [0.1, 0.15) is 0 Å². The third-order valence-corrected chi connectivity index (χ3v) is 2.47. The lowest BCUT2D eigenvalue weighted by atomic mass is 10.1. The number of fused-ring (bicyclic) bond motifs is 1. The van der Waals surface area contributed by atoms with Crippen molar-refractivity contribution in [3.63, 3.8) is 0 Å². The Hall–Kier alpha value is -1.51. The molecule has 1 amide bonds. The maximum Gasteiger partial charge on any atom is 0.254 e.